The molecule has 170 valence electrons. The molecule has 1 unspecified atom stereocenters. The summed E-state index contributed by atoms with van der Waals surface area (Å²) in [6.07, 6.45) is 0.301. The Morgan fingerprint density at radius 1 is 1.06 bits per heavy atom. The first kappa shape index (κ1) is 22.3. The van der Waals surface area contributed by atoms with Gasteiger partial charge < -0.3 is 14.2 Å². The summed E-state index contributed by atoms with van der Waals surface area (Å²) in [4.78, 5) is 28.0. The number of aryl methyl sites for hydroxylation is 1. The number of ether oxygens (including phenoxy) is 1. The maximum absolute atomic E-state index is 13.5. The van der Waals surface area contributed by atoms with Gasteiger partial charge in [-0.1, -0.05) is 18.2 Å². The van der Waals surface area contributed by atoms with Crippen molar-refractivity contribution < 1.29 is 14.4 Å². The van der Waals surface area contributed by atoms with Crippen LogP contribution in [0.3, 0.4) is 0 Å². The molecule has 7 nitrogen and oxygen atoms in total. The lowest BCUT2D eigenvalue weighted by molar-refractivity contribution is -0.906. The normalized spacial score (nSPS) is 21.1. The Kier molecular flexibility index (Phi) is 5.97. The van der Waals surface area contributed by atoms with Crippen molar-refractivity contribution in [3.05, 3.63) is 69.4 Å². The Balaban J connectivity index is 1.72. The van der Waals surface area contributed by atoms with Gasteiger partial charge in [-0.3, -0.25) is 14.3 Å². The van der Waals surface area contributed by atoms with Crippen LogP contribution in [0, 0.1) is 20.8 Å². The van der Waals surface area contributed by atoms with Gasteiger partial charge in [0.05, 0.1) is 11.4 Å². The van der Waals surface area contributed by atoms with E-state index >= 15 is 0 Å². The van der Waals surface area contributed by atoms with E-state index in [-0.39, 0.29) is 23.6 Å². The molecule has 1 fully saturated rings. The molecule has 7 heteroatoms. The number of benzene rings is 1. The minimum absolute atomic E-state index is 0.0987. The second-order valence-corrected chi connectivity index (χ2v) is 9.05. The van der Waals surface area contributed by atoms with Crippen LogP contribution in [0.2, 0.25) is 0 Å². The number of ketones is 1. The summed E-state index contributed by atoms with van der Waals surface area (Å²) in [6.45, 7) is 12.0. The van der Waals surface area contributed by atoms with Gasteiger partial charge in [-0.15, -0.1) is 0 Å². The van der Waals surface area contributed by atoms with Gasteiger partial charge in [0.2, 0.25) is 5.78 Å². The molecule has 3 atom stereocenters. The molecule has 0 saturated carbocycles. The first-order chi connectivity index (χ1) is 15.2. The first-order valence-corrected chi connectivity index (χ1v) is 11.2. The van der Waals surface area contributed by atoms with Crippen LogP contribution < -0.4 is 10.5 Å². The summed E-state index contributed by atoms with van der Waals surface area (Å²) in [5.41, 5.74) is 4.54. The second-order valence-electron chi connectivity index (χ2n) is 9.05. The topological polar surface area (TPSA) is 62.6 Å². The molecule has 1 aliphatic heterocycles. The Morgan fingerprint density at radius 2 is 1.69 bits per heavy atom. The van der Waals surface area contributed by atoms with E-state index in [1.807, 2.05) is 73.5 Å². The van der Waals surface area contributed by atoms with E-state index in [1.165, 1.54) is 4.90 Å². The number of Topliss-reactive ketones (excluding diaryl/α,β-unsaturated/α-hetero) is 1. The summed E-state index contributed by atoms with van der Waals surface area (Å²) in [6, 6.07) is 11.5. The van der Waals surface area contributed by atoms with Crippen LogP contribution in [-0.4, -0.2) is 51.6 Å². The molecule has 0 spiro atoms. The molecule has 0 amide bonds. The number of carbonyl (C=O) groups excluding carboxylic acids is 1. The molecule has 1 N–H and O–H groups in total. The highest BCUT2D eigenvalue weighted by Crippen LogP contribution is 2.22. The van der Waals surface area contributed by atoms with Gasteiger partial charge in [0.25, 0.3) is 5.56 Å². The minimum Gasteiger partial charge on any atom is -0.364 e. The van der Waals surface area contributed by atoms with Crippen molar-refractivity contribution in [1.29, 1.82) is 0 Å². The zero-order chi connectivity index (χ0) is 23.2. The molecule has 1 aromatic carbocycles. The van der Waals surface area contributed by atoms with E-state index < -0.39 is 0 Å². The van der Waals surface area contributed by atoms with E-state index in [1.54, 1.807) is 4.68 Å². The lowest BCUT2D eigenvalue weighted by atomic mass is 10.1. The summed E-state index contributed by atoms with van der Waals surface area (Å²) in [5, 5.41) is 0. The Bertz CT molecular complexity index is 1190. The molecule has 4 rings (SSSR count). The number of rotatable bonds is 5. The fraction of sp³-hybridized carbons (Fsp3) is 0.440. The smallest absolute Gasteiger partial charge is 0.295 e. The molecular formula is C25H33N4O3+. The fourth-order valence-electron chi connectivity index (χ4n) is 5.06. The molecule has 3 aromatic rings. The standard InChI is InChI=1S/C25H32N4O3/c1-16-12-22(23(30)15-27-13-17(2)32-18(3)14-27)19(4)28(16)24-20(5)26(6)29(25(24)31)21-10-8-7-9-11-21/h7-12,17-18H,13-15H2,1-6H3/p+1/t17-,18+. The van der Waals surface area contributed by atoms with Gasteiger partial charge in [-0.05, 0) is 52.8 Å². The third-order valence-corrected chi connectivity index (χ3v) is 6.51. The first-order valence-electron chi connectivity index (χ1n) is 11.2. The van der Waals surface area contributed by atoms with Crippen molar-refractivity contribution in [3.8, 4) is 11.4 Å². The summed E-state index contributed by atoms with van der Waals surface area (Å²) in [5.74, 6) is 0.109. The quantitative estimate of drug-likeness (QED) is 0.619. The van der Waals surface area contributed by atoms with Crippen molar-refractivity contribution in [2.45, 2.75) is 46.8 Å². The van der Waals surface area contributed by atoms with E-state index in [9.17, 15) is 9.59 Å². The van der Waals surface area contributed by atoms with Crippen molar-refractivity contribution in [1.82, 2.24) is 13.9 Å². The maximum atomic E-state index is 13.5. The number of hydrogen-bond acceptors (Lipinski definition) is 3. The highest BCUT2D eigenvalue weighted by Gasteiger charge is 2.29. The molecule has 3 heterocycles. The van der Waals surface area contributed by atoms with E-state index in [4.69, 9.17) is 4.74 Å². The van der Waals surface area contributed by atoms with Gasteiger partial charge in [-0.2, -0.15) is 0 Å². The van der Waals surface area contributed by atoms with Gasteiger partial charge in [0.15, 0.2) is 0 Å². The van der Waals surface area contributed by atoms with Crippen LogP contribution in [0.1, 0.15) is 41.3 Å². The summed E-state index contributed by atoms with van der Waals surface area (Å²) >= 11 is 0. The monoisotopic (exact) mass is 437 g/mol. The number of hydrogen-bond donors (Lipinski definition) is 1. The number of aromatic nitrogens is 3. The van der Waals surface area contributed by atoms with Crippen molar-refractivity contribution in [2.75, 3.05) is 19.6 Å². The molecule has 0 radical (unpaired) electrons. The predicted molar refractivity (Wildman–Crippen MR) is 124 cm³/mol. The zero-order valence-corrected chi connectivity index (χ0v) is 19.8. The van der Waals surface area contributed by atoms with E-state index in [0.29, 0.717) is 17.8 Å². The largest absolute Gasteiger partial charge is 0.364 e. The maximum Gasteiger partial charge on any atom is 0.295 e. The molecule has 0 bridgehead atoms. The van der Waals surface area contributed by atoms with Gasteiger partial charge >= 0.3 is 0 Å². The number of para-hydroxylation sites is 1. The lowest BCUT2D eigenvalue weighted by Crippen LogP contribution is -3.16. The molecular weight excluding hydrogens is 404 g/mol. The second kappa shape index (κ2) is 8.56. The number of carbonyl (C=O) groups is 1. The molecule has 1 saturated heterocycles. The van der Waals surface area contributed by atoms with Crippen molar-refractivity contribution in [3.63, 3.8) is 0 Å². The summed E-state index contributed by atoms with van der Waals surface area (Å²) in [7, 11) is 1.89. The molecule has 32 heavy (non-hydrogen) atoms. The van der Waals surface area contributed by atoms with Crippen molar-refractivity contribution >= 4 is 5.78 Å². The van der Waals surface area contributed by atoms with Crippen LogP contribution in [0.5, 0.6) is 0 Å². The van der Waals surface area contributed by atoms with Crippen LogP contribution in [-0.2, 0) is 11.8 Å². The average Bonchev–Trinajstić information content (AvgIpc) is 3.13. The van der Waals surface area contributed by atoms with E-state index in [0.717, 1.165) is 35.9 Å². The number of nitrogens with zero attached hydrogens (tertiary/aromatic N) is 3. The highest BCUT2D eigenvalue weighted by atomic mass is 16.5. The Morgan fingerprint density at radius 3 is 2.31 bits per heavy atom. The number of morpholine rings is 1. The lowest BCUT2D eigenvalue weighted by Gasteiger charge is -2.31. The van der Waals surface area contributed by atoms with Crippen LogP contribution in [0.4, 0.5) is 0 Å². The third-order valence-electron chi connectivity index (χ3n) is 6.51. The molecule has 1 aliphatic rings. The third kappa shape index (κ3) is 3.87. The van der Waals surface area contributed by atoms with E-state index in [2.05, 4.69) is 13.8 Å². The fourth-order valence-corrected chi connectivity index (χ4v) is 5.06. The van der Waals surface area contributed by atoms with Crippen LogP contribution >= 0.6 is 0 Å². The van der Waals surface area contributed by atoms with Crippen molar-refractivity contribution in [2.24, 2.45) is 7.05 Å². The molecule has 2 aromatic heterocycles. The molecule has 0 aliphatic carbocycles. The van der Waals surface area contributed by atoms with Crippen LogP contribution in [0.25, 0.3) is 11.4 Å². The van der Waals surface area contributed by atoms with Gasteiger partial charge in [0.1, 0.15) is 37.5 Å². The van der Waals surface area contributed by atoms with Crippen LogP contribution in [0.15, 0.2) is 41.2 Å². The van der Waals surface area contributed by atoms with Gasteiger partial charge in [-0.25, -0.2) is 4.68 Å². The highest BCUT2D eigenvalue weighted by molar-refractivity contribution is 5.98. The van der Waals surface area contributed by atoms with Gasteiger partial charge in [0, 0.05) is 24.0 Å². The summed E-state index contributed by atoms with van der Waals surface area (Å²) < 4.78 is 11.3. The number of quaternary nitrogens is 1. The zero-order valence-electron chi connectivity index (χ0n) is 19.8. The predicted octanol–water partition coefficient (Wildman–Crippen LogP) is 1.77. The average molecular weight is 438 g/mol. The Labute approximate surface area is 188 Å². The Hall–Kier alpha value is -2.90. The minimum atomic E-state index is -0.0987. The SMILES string of the molecule is Cc1cc(C(=O)C[NH+]2C[C@@H](C)O[C@@H](C)C2)c(C)n1-c1c(C)n(C)n(-c2ccccc2)c1=O. The number of nitrogens with one attached hydrogen (secondary N) is 1.